The third kappa shape index (κ3) is 6.25. The molecule has 2 aliphatic rings. The monoisotopic (exact) mass is 828 g/mol. The number of halogens is 2. The summed E-state index contributed by atoms with van der Waals surface area (Å²) in [6, 6.07) is 22.3. The summed E-state index contributed by atoms with van der Waals surface area (Å²) in [5.41, 5.74) is 15.9. The van der Waals surface area contributed by atoms with Crippen LogP contribution in [0.2, 0.25) is 4.68 Å². The van der Waals surface area contributed by atoms with Crippen molar-refractivity contribution in [2.24, 2.45) is 0 Å². The summed E-state index contributed by atoms with van der Waals surface area (Å²) < 4.78 is 5.55. The SMILES string of the molecule is CCC1=Cc2c(C(C)C)cc(C(C)C)cc2[CH]1[Hf]([CH3])(=[SiH2])([c]1ccccc1)[CH]1C(CC)=Cc2c(C(C)C)cc(C(C)C)cc21.Cl.Cl. The van der Waals surface area contributed by atoms with Crippen molar-refractivity contribution in [3.05, 3.63) is 110 Å². The molecule has 3 aromatic rings. The van der Waals surface area contributed by atoms with Gasteiger partial charge in [0.1, 0.15) is 0 Å². The van der Waals surface area contributed by atoms with Gasteiger partial charge in [0, 0.05) is 0 Å². The number of fused-ring (bicyclic) bond motifs is 2. The first-order valence-corrected chi connectivity index (χ1v) is 35.0. The van der Waals surface area contributed by atoms with E-state index in [0.29, 0.717) is 31.0 Å². The van der Waals surface area contributed by atoms with Crippen molar-refractivity contribution < 1.29 is 17.1 Å². The molecule has 0 spiro atoms. The molecule has 2 aliphatic carbocycles. The van der Waals surface area contributed by atoms with Crippen LogP contribution in [-0.4, -0.2) is 6.94 Å². The quantitative estimate of drug-likeness (QED) is 0.189. The van der Waals surface area contributed by atoms with Crippen LogP contribution in [0.15, 0.2) is 65.7 Å². The smallest absolute Gasteiger partial charge is 0.147 e. The first-order valence-electron chi connectivity index (χ1n) is 17.1. The summed E-state index contributed by atoms with van der Waals surface area (Å²) in [5, 5.41) is 0. The molecule has 0 amide bonds. The van der Waals surface area contributed by atoms with Gasteiger partial charge in [0.05, 0.1) is 0 Å². The fourth-order valence-corrected chi connectivity index (χ4v) is 43.7. The number of rotatable bonds is 9. The van der Waals surface area contributed by atoms with E-state index in [9.17, 15) is 0 Å². The zero-order valence-electron chi connectivity index (χ0n) is 29.8. The average Bonchev–Trinajstić information content (AvgIpc) is 3.56. The summed E-state index contributed by atoms with van der Waals surface area (Å²) in [5.74, 6) is 2.06. The zero-order chi connectivity index (χ0) is 31.5. The Kier molecular flexibility index (Phi) is 12.0. The minimum absolute atomic E-state index is 0. The van der Waals surface area contributed by atoms with Gasteiger partial charge in [0.2, 0.25) is 0 Å². The normalized spacial score (nSPS) is 17.7. The fourth-order valence-electron chi connectivity index (χ4n) is 8.74. The molecule has 4 heteroatoms. The van der Waals surface area contributed by atoms with Crippen LogP contribution < -0.4 is 3.32 Å². The Morgan fingerprint density at radius 3 is 1.29 bits per heavy atom. The van der Waals surface area contributed by atoms with Gasteiger partial charge in [-0.05, 0) is 0 Å². The van der Waals surface area contributed by atoms with E-state index < -0.39 is 17.1 Å². The second-order valence-electron chi connectivity index (χ2n) is 15.4. The number of hydrogen-bond acceptors (Lipinski definition) is 0. The molecule has 0 fully saturated rings. The fraction of sp³-hybridized carbons (Fsp3) is 0.463. The van der Waals surface area contributed by atoms with E-state index in [1.54, 1.807) is 47.8 Å². The molecule has 45 heavy (non-hydrogen) atoms. The van der Waals surface area contributed by atoms with Gasteiger partial charge in [-0.1, -0.05) is 0 Å². The van der Waals surface area contributed by atoms with Crippen LogP contribution in [0, 0.1) is 0 Å². The summed E-state index contributed by atoms with van der Waals surface area (Å²) >= 11 is -4.28. The molecule has 2 unspecified atom stereocenters. The summed E-state index contributed by atoms with van der Waals surface area (Å²) in [4.78, 5) is 0. The van der Waals surface area contributed by atoms with Gasteiger partial charge in [-0.15, -0.1) is 24.8 Å². The van der Waals surface area contributed by atoms with Gasteiger partial charge < -0.3 is 0 Å². The first-order chi connectivity index (χ1) is 20.2. The van der Waals surface area contributed by atoms with Crippen molar-refractivity contribution in [2.75, 3.05) is 0 Å². The third-order valence-electron chi connectivity index (χ3n) is 11.2. The van der Waals surface area contributed by atoms with Crippen molar-refractivity contribution in [3.8, 4) is 0 Å². The molecule has 0 radical (unpaired) electrons. The maximum atomic E-state index is 2.87. The van der Waals surface area contributed by atoms with E-state index in [1.165, 1.54) is 11.1 Å². The van der Waals surface area contributed by atoms with Crippen LogP contribution in [0.3, 0.4) is 0 Å². The van der Waals surface area contributed by atoms with Crippen molar-refractivity contribution in [2.45, 2.75) is 118 Å². The van der Waals surface area contributed by atoms with Gasteiger partial charge in [-0.25, -0.2) is 0 Å². The number of benzene rings is 3. The molecule has 0 saturated heterocycles. The number of allylic oxidation sites excluding steroid dienone is 2. The molecule has 0 heterocycles. The molecule has 2 atom stereocenters. The molecule has 0 bridgehead atoms. The van der Waals surface area contributed by atoms with E-state index in [-0.39, 0.29) is 24.8 Å². The standard InChI is InChI=1S/2C17H23.C6H5.CH3.2ClH.Hf.H2Si/c2*1-6-13-7-15-9-14(11(2)3)10-16(12(4)5)17(15)8-13;1-2-4-6-5-3-1;;;;;/h2*7-12H,6H2,1-5H3;1-5H;1H3;2*1H;;1H2. The molecular formula is C41H58Cl2HfSi. The molecule has 0 nitrogen and oxygen atoms in total. The van der Waals surface area contributed by atoms with Gasteiger partial charge in [-0.2, -0.15) is 0 Å². The summed E-state index contributed by atoms with van der Waals surface area (Å²) in [7, 11) is 0. The topological polar surface area (TPSA) is 0 Å². The Morgan fingerprint density at radius 1 is 0.600 bits per heavy atom. The molecule has 0 aliphatic heterocycles. The van der Waals surface area contributed by atoms with Crippen LogP contribution >= 0.6 is 24.8 Å². The Morgan fingerprint density at radius 2 is 0.978 bits per heavy atom. The maximum absolute atomic E-state index is 4.28. The Balaban J connectivity index is 0.00000276. The second-order valence-corrected chi connectivity index (χ2v) is 53.0. The first kappa shape index (κ1) is 38.3. The molecule has 5 rings (SSSR count). The maximum Gasteiger partial charge on any atom is -0.147 e. The van der Waals surface area contributed by atoms with Crippen molar-refractivity contribution in [1.82, 2.24) is 0 Å². The van der Waals surface area contributed by atoms with Crippen molar-refractivity contribution >= 4 is 47.2 Å². The van der Waals surface area contributed by atoms with Gasteiger partial charge in [0.15, 0.2) is 0 Å². The van der Waals surface area contributed by atoms with Crippen LogP contribution in [0.1, 0.15) is 158 Å². The summed E-state index contributed by atoms with van der Waals surface area (Å²) in [6.45, 7) is 26.4. The minimum Gasteiger partial charge on any atom is -0.147 e. The molecule has 0 saturated carbocycles. The molecule has 0 N–H and O–H groups in total. The second kappa shape index (κ2) is 14.1. The van der Waals surface area contributed by atoms with E-state index in [2.05, 4.69) is 148 Å². The predicted octanol–water partition coefficient (Wildman–Crippen LogP) is 12.0. The van der Waals surface area contributed by atoms with Gasteiger partial charge in [-0.3, -0.25) is 0 Å². The number of hydrogen-bond donors (Lipinski definition) is 0. The van der Waals surface area contributed by atoms with Crippen LogP contribution in [0.4, 0.5) is 0 Å². The van der Waals surface area contributed by atoms with Crippen LogP contribution in [0.25, 0.3) is 12.2 Å². The molecule has 3 aromatic carbocycles. The van der Waals surface area contributed by atoms with Crippen molar-refractivity contribution in [3.63, 3.8) is 0 Å². The third-order valence-corrected chi connectivity index (χ3v) is 44.8. The predicted molar refractivity (Wildman–Crippen MR) is 206 cm³/mol. The van der Waals surface area contributed by atoms with Gasteiger partial charge in [0.25, 0.3) is 0 Å². The Bertz CT molecular complexity index is 1580. The van der Waals surface area contributed by atoms with E-state index >= 15 is 0 Å². The molecule has 0 aromatic heterocycles. The van der Waals surface area contributed by atoms with Crippen LogP contribution in [0.5, 0.6) is 0 Å². The molecular weight excluding hydrogens is 770 g/mol. The Hall–Kier alpha value is -1.19. The zero-order valence-corrected chi connectivity index (χ0v) is 36.4. The van der Waals surface area contributed by atoms with Crippen molar-refractivity contribution in [1.29, 1.82) is 0 Å². The van der Waals surface area contributed by atoms with E-state index in [4.69, 9.17) is 0 Å². The Labute approximate surface area is 290 Å². The van der Waals surface area contributed by atoms with E-state index in [0.717, 1.165) is 12.8 Å². The van der Waals surface area contributed by atoms with Crippen LogP contribution in [-0.2, 0) is 17.1 Å². The van der Waals surface area contributed by atoms with E-state index in [1.807, 2.05) is 0 Å². The van der Waals surface area contributed by atoms with Gasteiger partial charge >= 0.3 is 268 Å². The summed E-state index contributed by atoms with van der Waals surface area (Å²) in [6.07, 6.45) is 7.55. The minimum atomic E-state index is -4.28. The average molecular weight is 828 g/mol. The molecule has 244 valence electrons. The largest absolute Gasteiger partial charge is 0.147 e.